The number of hydrogen-bond acceptors (Lipinski definition) is 3. The molecular weight excluding hydrogens is 204 g/mol. The average Bonchev–Trinajstić information content (AvgIpc) is 1.99. The molecule has 0 aromatic heterocycles. The van der Waals surface area contributed by atoms with Crippen molar-refractivity contribution in [1.29, 1.82) is 0 Å². The molecule has 0 aliphatic heterocycles. The zero-order chi connectivity index (χ0) is 11.6. The van der Waals surface area contributed by atoms with Gasteiger partial charge in [0, 0.05) is 6.42 Å². The molecule has 14 heavy (non-hydrogen) atoms. The maximum absolute atomic E-state index is 11.5. The lowest BCUT2D eigenvalue weighted by molar-refractivity contribution is -0.159. The third kappa shape index (κ3) is 3.66. The number of alkyl halides is 1. The highest BCUT2D eigenvalue weighted by Gasteiger charge is 2.40. The standard InChI is InChI=1S/C10H17ClO3/c1-6-7(12)10(5,11)8(13)14-9(2,3)4/h6H2,1-5H3/t10-/m1/s1. The van der Waals surface area contributed by atoms with Crippen molar-refractivity contribution in [3.8, 4) is 0 Å². The molecule has 0 aliphatic carbocycles. The van der Waals surface area contributed by atoms with Gasteiger partial charge >= 0.3 is 5.97 Å². The van der Waals surface area contributed by atoms with Gasteiger partial charge in [-0.05, 0) is 27.7 Å². The highest BCUT2D eigenvalue weighted by molar-refractivity contribution is 6.45. The van der Waals surface area contributed by atoms with Crippen molar-refractivity contribution in [3.63, 3.8) is 0 Å². The maximum atomic E-state index is 11.5. The van der Waals surface area contributed by atoms with Crippen LogP contribution in [0.1, 0.15) is 41.0 Å². The minimum Gasteiger partial charge on any atom is -0.458 e. The van der Waals surface area contributed by atoms with Gasteiger partial charge in [0.1, 0.15) is 5.60 Å². The molecule has 0 heterocycles. The van der Waals surface area contributed by atoms with Gasteiger partial charge in [0.2, 0.25) is 0 Å². The van der Waals surface area contributed by atoms with Crippen molar-refractivity contribution in [3.05, 3.63) is 0 Å². The van der Waals surface area contributed by atoms with E-state index in [0.29, 0.717) is 0 Å². The van der Waals surface area contributed by atoms with E-state index < -0.39 is 16.4 Å². The number of rotatable bonds is 3. The first-order valence-corrected chi connectivity index (χ1v) is 4.94. The molecule has 82 valence electrons. The SMILES string of the molecule is CCC(=O)[C@@](C)(Cl)C(=O)OC(C)(C)C. The minimum absolute atomic E-state index is 0.221. The molecule has 0 saturated heterocycles. The predicted molar refractivity (Wildman–Crippen MR) is 55.4 cm³/mol. The second-order valence-corrected chi connectivity index (χ2v) is 5.04. The Hall–Kier alpha value is -0.570. The summed E-state index contributed by atoms with van der Waals surface area (Å²) in [4.78, 5) is 21.3. The summed E-state index contributed by atoms with van der Waals surface area (Å²) in [5, 5.41) is 0. The van der Waals surface area contributed by atoms with Crippen LogP contribution in [0.4, 0.5) is 0 Å². The summed E-state index contributed by atoms with van der Waals surface area (Å²) in [6.07, 6.45) is 0.221. The molecule has 0 spiro atoms. The first-order chi connectivity index (χ1) is 6.11. The van der Waals surface area contributed by atoms with Crippen LogP contribution in [0.25, 0.3) is 0 Å². The first kappa shape index (κ1) is 13.4. The monoisotopic (exact) mass is 220 g/mol. The molecule has 0 bridgehead atoms. The van der Waals surface area contributed by atoms with E-state index in [2.05, 4.69) is 0 Å². The van der Waals surface area contributed by atoms with Crippen molar-refractivity contribution in [2.75, 3.05) is 0 Å². The molecule has 0 unspecified atom stereocenters. The molecule has 0 aromatic carbocycles. The quantitative estimate of drug-likeness (QED) is 0.417. The number of hydrogen-bond donors (Lipinski definition) is 0. The van der Waals surface area contributed by atoms with E-state index in [1.54, 1.807) is 27.7 Å². The fraction of sp³-hybridized carbons (Fsp3) is 0.800. The lowest BCUT2D eigenvalue weighted by Gasteiger charge is -2.25. The van der Waals surface area contributed by atoms with Crippen LogP contribution in [0.5, 0.6) is 0 Å². The number of ketones is 1. The topological polar surface area (TPSA) is 43.4 Å². The summed E-state index contributed by atoms with van der Waals surface area (Å²) in [5.41, 5.74) is -0.624. The Morgan fingerprint density at radius 2 is 1.64 bits per heavy atom. The molecule has 0 aliphatic rings. The van der Waals surface area contributed by atoms with Crippen molar-refractivity contribution in [2.24, 2.45) is 0 Å². The van der Waals surface area contributed by atoms with Crippen LogP contribution in [0.2, 0.25) is 0 Å². The summed E-state index contributed by atoms with van der Waals surface area (Å²) >= 11 is 5.82. The van der Waals surface area contributed by atoms with Gasteiger partial charge in [0.15, 0.2) is 10.7 Å². The molecule has 4 heteroatoms. The summed E-state index contributed by atoms with van der Waals surface area (Å²) in [6.45, 7) is 8.22. The van der Waals surface area contributed by atoms with Gasteiger partial charge in [0.05, 0.1) is 0 Å². The number of esters is 1. The van der Waals surface area contributed by atoms with Crippen LogP contribution < -0.4 is 0 Å². The average molecular weight is 221 g/mol. The van der Waals surface area contributed by atoms with E-state index in [0.717, 1.165) is 0 Å². The van der Waals surface area contributed by atoms with Crippen LogP contribution in [-0.2, 0) is 14.3 Å². The van der Waals surface area contributed by atoms with Crippen LogP contribution in [0, 0.1) is 0 Å². The van der Waals surface area contributed by atoms with Crippen molar-refractivity contribution in [2.45, 2.75) is 51.5 Å². The number of ether oxygens (including phenoxy) is 1. The second kappa shape index (κ2) is 4.30. The molecule has 0 rings (SSSR count). The van der Waals surface area contributed by atoms with Crippen LogP contribution in [0.15, 0.2) is 0 Å². The van der Waals surface area contributed by atoms with Crippen molar-refractivity contribution < 1.29 is 14.3 Å². The maximum Gasteiger partial charge on any atom is 0.335 e. The minimum atomic E-state index is -1.55. The van der Waals surface area contributed by atoms with Crippen LogP contribution in [0.3, 0.4) is 0 Å². The smallest absolute Gasteiger partial charge is 0.335 e. The highest BCUT2D eigenvalue weighted by Crippen LogP contribution is 2.22. The Kier molecular flexibility index (Phi) is 4.13. The second-order valence-electron chi connectivity index (χ2n) is 4.28. The zero-order valence-corrected chi connectivity index (χ0v) is 10.1. The van der Waals surface area contributed by atoms with Crippen LogP contribution >= 0.6 is 11.6 Å². The van der Waals surface area contributed by atoms with Crippen LogP contribution in [-0.4, -0.2) is 22.2 Å². The number of carbonyl (C=O) groups excluding carboxylic acids is 2. The Labute approximate surface area is 89.8 Å². The Morgan fingerprint density at radius 1 is 1.21 bits per heavy atom. The molecule has 0 amide bonds. The van der Waals surface area contributed by atoms with E-state index >= 15 is 0 Å². The van der Waals surface area contributed by atoms with E-state index in [9.17, 15) is 9.59 Å². The van der Waals surface area contributed by atoms with Gasteiger partial charge in [-0.1, -0.05) is 18.5 Å². The largest absolute Gasteiger partial charge is 0.458 e. The number of carbonyl (C=O) groups is 2. The van der Waals surface area contributed by atoms with E-state index in [-0.39, 0.29) is 12.2 Å². The summed E-state index contributed by atoms with van der Waals surface area (Å²) in [7, 11) is 0. The third-order valence-electron chi connectivity index (χ3n) is 1.63. The molecule has 0 radical (unpaired) electrons. The molecule has 0 fully saturated rings. The zero-order valence-electron chi connectivity index (χ0n) is 9.31. The Balaban J connectivity index is 4.60. The van der Waals surface area contributed by atoms with Gasteiger partial charge in [-0.3, -0.25) is 4.79 Å². The fourth-order valence-corrected chi connectivity index (χ4v) is 0.992. The lowest BCUT2D eigenvalue weighted by atomic mass is 10.0. The predicted octanol–water partition coefficient (Wildman–Crippen LogP) is 2.30. The summed E-state index contributed by atoms with van der Waals surface area (Å²) in [6, 6.07) is 0. The normalized spacial score (nSPS) is 15.9. The molecule has 0 saturated carbocycles. The molecule has 1 atom stereocenters. The number of Topliss-reactive ketones (excluding diaryl/α,β-unsaturated/α-hetero) is 1. The van der Waals surface area contributed by atoms with Gasteiger partial charge in [0.25, 0.3) is 0 Å². The van der Waals surface area contributed by atoms with Crippen molar-refractivity contribution >= 4 is 23.4 Å². The van der Waals surface area contributed by atoms with E-state index in [1.807, 2.05) is 0 Å². The first-order valence-electron chi connectivity index (χ1n) is 4.57. The summed E-state index contributed by atoms with van der Waals surface area (Å²) < 4.78 is 5.03. The molecular formula is C10H17ClO3. The lowest BCUT2D eigenvalue weighted by Crippen LogP contribution is -2.42. The summed E-state index contributed by atoms with van der Waals surface area (Å²) in [5.74, 6) is -1.01. The molecule has 0 aromatic rings. The molecule has 3 nitrogen and oxygen atoms in total. The van der Waals surface area contributed by atoms with Gasteiger partial charge in [-0.15, -0.1) is 0 Å². The van der Waals surface area contributed by atoms with E-state index in [1.165, 1.54) is 6.92 Å². The Morgan fingerprint density at radius 3 is 1.93 bits per heavy atom. The molecule has 0 N–H and O–H groups in total. The number of halogens is 1. The van der Waals surface area contributed by atoms with E-state index in [4.69, 9.17) is 16.3 Å². The fourth-order valence-electron chi connectivity index (χ4n) is 0.820. The third-order valence-corrected chi connectivity index (χ3v) is 1.99. The van der Waals surface area contributed by atoms with Gasteiger partial charge in [-0.25, -0.2) is 4.79 Å². The highest BCUT2D eigenvalue weighted by atomic mass is 35.5. The Bertz CT molecular complexity index is 238. The van der Waals surface area contributed by atoms with Gasteiger partial charge in [-0.2, -0.15) is 0 Å². The van der Waals surface area contributed by atoms with Gasteiger partial charge < -0.3 is 4.74 Å². The van der Waals surface area contributed by atoms with Crippen molar-refractivity contribution in [1.82, 2.24) is 0 Å².